The van der Waals surface area contributed by atoms with E-state index in [1.54, 1.807) is 58.3 Å². The fourth-order valence-electron chi connectivity index (χ4n) is 4.22. The first-order valence-corrected chi connectivity index (χ1v) is 11.3. The van der Waals surface area contributed by atoms with Crippen LogP contribution in [0.2, 0.25) is 0 Å². The van der Waals surface area contributed by atoms with Crippen molar-refractivity contribution in [2.75, 3.05) is 37.7 Å². The van der Waals surface area contributed by atoms with E-state index in [1.165, 1.54) is 0 Å². The van der Waals surface area contributed by atoms with Gasteiger partial charge in [-0.15, -0.1) is 0 Å². The van der Waals surface area contributed by atoms with Crippen LogP contribution in [-0.4, -0.2) is 61.4 Å². The minimum Gasteiger partial charge on any atom is -0.476 e. The second-order valence-corrected chi connectivity index (χ2v) is 8.20. The maximum Gasteiger partial charge on any atom is 0.265 e. The smallest absolute Gasteiger partial charge is 0.265 e. The van der Waals surface area contributed by atoms with E-state index in [0.29, 0.717) is 54.4 Å². The van der Waals surface area contributed by atoms with Crippen LogP contribution in [0.1, 0.15) is 26.3 Å². The molecule has 0 bridgehead atoms. The minimum absolute atomic E-state index is 0.104. The van der Waals surface area contributed by atoms with Gasteiger partial charge in [-0.05, 0) is 24.3 Å². The zero-order chi connectivity index (χ0) is 23.5. The molecule has 0 N–H and O–H groups in total. The van der Waals surface area contributed by atoms with Crippen LogP contribution in [0.25, 0.3) is 0 Å². The number of hydrogen-bond acceptors (Lipinski definition) is 5. The highest BCUT2D eigenvalue weighted by atomic mass is 16.5. The Labute approximate surface area is 197 Å². The normalized spacial score (nSPS) is 17.5. The number of morpholine rings is 1. The van der Waals surface area contributed by atoms with Crippen LogP contribution < -0.4 is 9.64 Å². The SMILES string of the molecule is O=C(c1ccccc1)c1ccc(C(=O)N2CC(C(=O)N3CCOCC3)Oc3ccccc32)cc1. The molecule has 7 nitrogen and oxygen atoms in total. The van der Waals surface area contributed by atoms with Gasteiger partial charge in [0.05, 0.1) is 25.4 Å². The van der Waals surface area contributed by atoms with Gasteiger partial charge in [0.1, 0.15) is 5.75 Å². The van der Waals surface area contributed by atoms with E-state index in [4.69, 9.17) is 9.47 Å². The predicted molar refractivity (Wildman–Crippen MR) is 126 cm³/mol. The summed E-state index contributed by atoms with van der Waals surface area (Å²) in [6.45, 7) is 2.10. The molecular weight excluding hydrogens is 432 g/mol. The molecule has 0 aliphatic carbocycles. The minimum atomic E-state index is -0.795. The van der Waals surface area contributed by atoms with Gasteiger partial charge < -0.3 is 19.3 Å². The average Bonchev–Trinajstić information content (AvgIpc) is 2.92. The Balaban J connectivity index is 1.38. The largest absolute Gasteiger partial charge is 0.476 e. The zero-order valence-electron chi connectivity index (χ0n) is 18.6. The van der Waals surface area contributed by atoms with Gasteiger partial charge in [-0.25, -0.2) is 0 Å². The maximum atomic E-state index is 13.5. The molecule has 0 radical (unpaired) electrons. The lowest BCUT2D eigenvalue weighted by Crippen LogP contribution is -2.54. The van der Waals surface area contributed by atoms with Crippen LogP contribution in [0.15, 0.2) is 78.9 Å². The molecule has 172 valence electrons. The first-order valence-electron chi connectivity index (χ1n) is 11.3. The molecule has 5 rings (SSSR count). The molecule has 0 saturated carbocycles. The van der Waals surface area contributed by atoms with Crippen LogP contribution in [-0.2, 0) is 9.53 Å². The molecule has 3 aromatic rings. The summed E-state index contributed by atoms with van der Waals surface area (Å²) >= 11 is 0. The van der Waals surface area contributed by atoms with Gasteiger partial charge in [-0.1, -0.05) is 54.6 Å². The number of carbonyl (C=O) groups excluding carboxylic acids is 3. The number of para-hydroxylation sites is 2. The topological polar surface area (TPSA) is 76.2 Å². The Kier molecular flexibility index (Phi) is 6.10. The highest BCUT2D eigenvalue weighted by Crippen LogP contribution is 2.34. The number of nitrogens with zero attached hydrogens (tertiary/aromatic N) is 2. The Morgan fingerprint density at radius 3 is 2.09 bits per heavy atom. The molecule has 7 heteroatoms. The van der Waals surface area contributed by atoms with Gasteiger partial charge in [0.15, 0.2) is 11.9 Å². The molecule has 34 heavy (non-hydrogen) atoms. The van der Waals surface area contributed by atoms with Crippen molar-refractivity contribution in [2.24, 2.45) is 0 Å². The van der Waals surface area contributed by atoms with Crippen molar-refractivity contribution in [1.29, 1.82) is 0 Å². The fourth-order valence-corrected chi connectivity index (χ4v) is 4.22. The second-order valence-electron chi connectivity index (χ2n) is 8.20. The lowest BCUT2D eigenvalue weighted by atomic mass is 10.0. The van der Waals surface area contributed by atoms with Crippen molar-refractivity contribution in [3.63, 3.8) is 0 Å². The van der Waals surface area contributed by atoms with Crippen molar-refractivity contribution in [3.05, 3.63) is 95.6 Å². The van der Waals surface area contributed by atoms with Gasteiger partial charge in [0.2, 0.25) is 0 Å². The van der Waals surface area contributed by atoms with Crippen LogP contribution in [0, 0.1) is 0 Å². The van der Waals surface area contributed by atoms with E-state index >= 15 is 0 Å². The summed E-state index contributed by atoms with van der Waals surface area (Å²) in [4.78, 5) is 42.6. The van der Waals surface area contributed by atoms with Crippen molar-refractivity contribution in [1.82, 2.24) is 4.90 Å². The maximum absolute atomic E-state index is 13.5. The molecule has 1 unspecified atom stereocenters. The molecule has 1 fully saturated rings. The van der Waals surface area contributed by atoms with Crippen molar-refractivity contribution >= 4 is 23.3 Å². The molecular formula is C27H24N2O5. The summed E-state index contributed by atoms with van der Waals surface area (Å²) in [6.07, 6.45) is -0.795. The van der Waals surface area contributed by atoms with Gasteiger partial charge >= 0.3 is 0 Å². The molecule has 3 aromatic carbocycles. The van der Waals surface area contributed by atoms with E-state index in [2.05, 4.69) is 0 Å². The number of ether oxygens (including phenoxy) is 2. The van der Waals surface area contributed by atoms with Crippen LogP contribution >= 0.6 is 0 Å². The third kappa shape index (κ3) is 4.30. The average molecular weight is 456 g/mol. The van der Waals surface area contributed by atoms with Gasteiger partial charge in [0.25, 0.3) is 11.8 Å². The van der Waals surface area contributed by atoms with E-state index < -0.39 is 6.10 Å². The summed E-state index contributed by atoms with van der Waals surface area (Å²) in [5, 5.41) is 0. The second kappa shape index (κ2) is 9.49. The molecule has 2 heterocycles. The number of benzene rings is 3. The molecule has 2 aliphatic heterocycles. The number of amides is 2. The van der Waals surface area contributed by atoms with Crippen LogP contribution in [0.3, 0.4) is 0 Å². The van der Waals surface area contributed by atoms with Gasteiger partial charge in [0, 0.05) is 29.8 Å². The van der Waals surface area contributed by atoms with Gasteiger partial charge in [-0.3, -0.25) is 14.4 Å². The number of rotatable bonds is 4. The fraction of sp³-hybridized carbons (Fsp3) is 0.222. The highest BCUT2D eigenvalue weighted by molar-refractivity contribution is 6.11. The quantitative estimate of drug-likeness (QED) is 0.564. The van der Waals surface area contributed by atoms with Gasteiger partial charge in [-0.2, -0.15) is 0 Å². The van der Waals surface area contributed by atoms with Crippen molar-refractivity contribution in [3.8, 4) is 5.75 Å². The summed E-state index contributed by atoms with van der Waals surface area (Å²) in [5.41, 5.74) is 2.14. The zero-order valence-corrected chi connectivity index (χ0v) is 18.6. The first-order chi connectivity index (χ1) is 16.6. The van der Waals surface area contributed by atoms with E-state index in [0.717, 1.165) is 0 Å². The summed E-state index contributed by atoms with van der Waals surface area (Å²) in [6, 6.07) is 22.8. The molecule has 1 atom stereocenters. The Morgan fingerprint density at radius 2 is 1.35 bits per heavy atom. The Bertz CT molecular complexity index is 1200. The van der Waals surface area contributed by atoms with E-state index in [9.17, 15) is 14.4 Å². The lowest BCUT2D eigenvalue weighted by molar-refractivity contribution is -0.142. The first kappa shape index (κ1) is 21.9. The van der Waals surface area contributed by atoms with E-state index in [-0.39, 0.29) is 24.1 Å². The monoisotopic (exact) mass is 456 g/mol. The van der Waals surface area contributed by atoms with E-state index in [1.807, 2.05) is 30.3 Å². The third-order valence-electron chi connectivity index (χ3n) is 6.05. The highest BCUT2D eigenvalue weighted by Gasteiger charge is 2.36. The predicted octanol–water partition coefficient (Wildman–Crippen LogP) is 3.18. The van der Waals surface area contributed by atoms with Crippen molar-refractivity contribution < 1.29 is 23.9 Å². The lowest BCUT2D eigenvalue weighted by Gasteiger charge is -2.37. The summed E-state index contributed by atoms with van der Waals surface area (Å²) < 4.78 is 11.3. The van der Waals surface area contributed by atoms with Crippen LogP contribution in [0.5, 0.6) is 5.75 Å². The van der Waals surface area contributed by atoms with Crippen LogP contribution in [0.4, 0.5) is 5.69 Å². The molecule has 2 aliphatic rings. The number of fused-ring (bicyclic) bond motifs is 1. The van der Waals surface area contributed by atoms with Crippen molar-refractivity contribution in [2.45, 2.75) is 6.10 Å². The molecule has 1 saturated heterocycles. The summed E-state index contributed by atoms with van der Waals surface area (Å²) in [5.74, 6) is -0.0225. The summed E-state index contributed by atoms with van der Waals surface area (Å²) in [7, 11) is 0. The number of hydrogen-bond donors (Lipinski definition) is 0. The standard InChI is InChI=1S/C27H24N2O5/c30-25(19-6-2-1-3-7-19)20-10-12-21(13-11-20)26(31)29-18-24(27(32)28-14-16-33-17-15-28)34-23-9-5-4-8-22(23)29/h1-13,24H,14-18H2. The number of anilines is 1. The Hall–Kier alpha value is -3.97. The number of ketones is 1. The molecule has 0 aromatic heterocycles. The Morgan fingerprint density at radius 1 is 0.735 bits per heavy atom. The molecule has 2 amide bonds. The third-order valence-corrected chi connectivity index (χ3v) is 6.05. The molecule has 0 spiro atoms. The number of carbonyl (C=O) groups is 3.